The van der Waals surface area contributed by atoms with Crippen LogP contribution in [0.25, 0.3) is 0 Å². The lowest BCUT2D eigenvalue weighted by atomic mass is 10.2. The van der Waals surface area contributed by atoms with Gasteiger partial charge in [-0.2, -0.15) is 0 Å². The number of carboxylic acids is 1. The van der Waals surface area contributed by atoms with E-state index >= 15 is 0 Å². The summed E-state index contributed by atoms with van der Waals surface area (Å²) in [5.74, 6) is -1.45. The molecule has 21 heavy (non-hydrogen) atoms. The zero-order valence-corrected chi connectivity index (χ0v) is 12.9. The highest BCUT2D eigenvalue weighted by atomic mass is 31.1. The van der Waals surface area contributed by atoms with Gasteiger partial charge in [-0.25, -0.2) is 4.79 Å². The molecule has 0 aliphatic rings. The van der Waals surface area contributed by atoms with E-state index < -0.39 is 30.2 Å². The van der Waals surface area contributed by atoms with Crippen LogP contribution in [0.2, 0.25) is 0 Å². The summed E-state index contributed by atoms with van der Waals surface area (Å²) < 4.78 is 17.7. The summed E-state index contributed by atoms with van der Waals surface area (Å²) in [4.78, 5) is 20.9. The van der Waals surface area contributed by atoms with Crippen molar-refractivity contribution in [2.24, 2.45) is 0 Å². The molecule has 1 aromatic carbocycles. The molecular weight excluding hydrogens is 299 g/mol. The molecule has 114 valence electrons. The van der Waals surface area contributed by atoms with Crippen LogP contribution in [0.15, 0.2) is 18.2 Å². The minimum atomic E-state index is -2.25. The van der Waals surface area contributed by atoms with Crippen LogP contribution in [0.5, 0.6) is 0 Å². The number of likely N-dealkylation sites (N-methyl/N-ethyl adjacent to an activating group) is 1. The van der Waals surface area contributed by atoms with Gasteiger partial charge in [0, 0.05) is 18.2 Å². The fourth-order valence-corrected chi connectivity index (χ4v) is 2.27. The van der Waals surface area contributed by atoms with Crippen LogP contribution in [0.1, 0.15) is 10.4 Å². The molecule has 0 spiro atoms. The number of benzene rings is 1. The third-order valence-electron chi connectivity index (χ3n) is 2.59. The first-order valence-corrected chi connectivity index (χ1v) is 7.22. The first-order chi connectivity index (χ1) is 9.61. The molecule has 1 unspecified atom stereocenters. The number of carboxylic acid groups (broad SMARTS) is 1. The number of aromatic carboxylic acids is 1. The molecule has 1 atom stereocenters. The Kier molecular flexibility index (Phi) is 5.48. The molecule has 1 N–H and O–H groups in total. The maximum atomic E-state index is 11.9. The van der Waals surface area contributed by atoms with E-state index in [1.807, 2.05) is 21.1 Å². The summed E-state index contributed by atoms with van der Waals surface area (Å²) in [6.45, 7) is 0.859. The van der Waals surface area contributed by atoms with Gasteiger partial charge >= 0.3 is 14.0 Å². The van der Waals surface area contributed by atoms with Gasteiger partial charge in [0.15, 0.2) is 6.61 Å². The molecule has 0 amide bonds. The summed E-state index contributed by atoms with van der Waals surface area (Å²) in [5, 5.41) is 19.8. The van der Waals surface area contributed by atoms with Crippen molar-refractivity contribution in [2.45, 2.75) is 0 Å². The minimum Gasteiger partial charge on any atom is -0.477 e. The average molecular weight is 316 g/mol. The van der Waals surface area contributed by atoms with Crippen molar-refractivity contribution in [3.05, 3.63) is 33.9 Å². The highest BCUT2D eigenvalue weighted by Gasteiger charge is 2.29. The topological polar surface area (TPSA) is 107 Å². The van der Waals surface area contributed by atoms with Gasteiger partial charge < -0.3 is 9.59 Å². The Morgan fingerprint density at radius 3 is 2.52 bits per heavy atom. The standard InChI is InChI=1S/C12H16N2O6P/c1-14(2,3)6-7-20-21(19)9-4-5-11(13(17)18)10(8-9)12(15)16/h4-5,8H,6-7H2,1-3H3/q+1/p+1. The van der Waals surface area contributed by atoms with E-state index in [-0.39, 0.29) is 11.9 Å². The summed E-state index contributed by atoms with van der Waals surface area (Å²) >= 11 is 0. The zero-order chi connectivity index (χ0) is 16.2. The van der Waals surface area contributed by atoms with Crippen LogP contribution < -0.4 is 5.30 Å². The van der Waals surface area contributed by atoms with Crippen LogP contribution in [-0.4, -0.2) is 54.8 Å². The van der Waals surface area contributed by atoms with Gasteiger partial charge in [-0.05, 0) is 4.57 Å². The van der Waals surface area contributed by atoms with Gasteiger partial charge in [-0.15, -0.1) is 4.52 Å². The number of rotatable bonds is 7. The number of nitro groups is 1. The Bertz CT molecular complexity index is 582. The molecule has 9 heteroatoms. The molecule has 0 saturated heterocycles. The molecule has 0 fully saturated rings. The second-order valence-corrected chi connectivity index (χ2v) is 6.66. The first kappa shape index (κ1) is 17.2. The van der Waals surface area contributed by atoms with Crippen LogP contribution in [-0.2, 0) is 9.09 Å². The number of hydrogen-bond acceptors (Lipinski definition) is 5. The van der Waals surface area contributed by atoms with E-state index in [9.17, 15) is 19.5 Å². The minimum absolute atomic E-state index is 0.120. The Labute approximate surface area is 122 Å². The first-order valence-electron chi connectivity index (χ1n) is 6.04. The van der Waals surface area contributed by atoms with E-state index in [1.165, 1.54) is 6.07 Å². The second-order valence-electron chi connectivity index (χ2n) is 5.37. The quantitative estimate of drug-likeness (QED) is 0.352. The number of nitrogens with zero attached hydrogens (tertiary/aromatic N) is 2. The zero-order valence-electron chi connectivity index (χ0n) is 12.0. The number of hydrogen-bond donors (Lipinski definition) is 1. The largest absolute Gasteiger partial charge is 0.548 e. The van der Waals surface area contributed by atoms with Crippen molar-refractivity contribution >= 4 is 25.0 Å². The Hall–Kier alpha value is -1.89. The van der Waals surface area contributed by atoms with Crippen LogP contribution >= 0.6 is 8.03 Å². The molecule has 1 aromatic rings. The van der Waals surface area contributed by atoms with Gasteiger partial charge in [-0.1, -0.05) is 0 Å². The summed E-state index contributed by atoms with van der Waals surface area (Å²) in [7, 11) is 3.60. The molecule has 0 aliphatic heterocycles. The predicted octanol–water partition coefficient (Wildman–Crippen LogP) is 1.38. The van der Waals surface area contributed by atoms with E-state index in [0.717, 1.165) is 12.1 Å². The smallest absolute Gasteiger partial charge is 0.477 e. The lowest BCUT2D eigenvalue weighted by molar-refractivity contribution is -0.870. The number of carbonyl (C=O) groups is 1. The third kappa shape index (κ3) is 5.18. The molecule has 1 rings (SSSR count). The monoisotopic (exact) mass is 316 g/mol. The van der Waals surface area contributed by atoms with Crippen molar-refractivity contribution in [1.82, 2.24) is 0 Å². The summed E-state index contributed by atoms with van der Waals surface area (Å²) in [6.07, 6.45) is 0. The Morgan fingerprint density at radius 1 is 1.43 bits per heavy atom. The van der Waals surface area contributed by atoms with Crippen molar-refractivity contribution in [2.75, 3.05) is 34.3 Å². The highest BCUT2D eigenvalue weighted by Crippen LogP contribution is 2.25. The fourth-order valence-electron chi connectivity index (χ4n) is 1.44. The van der Waals surface area contributed by atoms with Crippen LogP contribution in [0.3, 0.4) is 0 Å². The maximum absolute atomic E-state index is 11.9. The Morgan fingerprint density at radius 2 is 2.05 bits per heavy atom. The van der Waals surface area contributed by atoms with Crippen molar-refractivity contribution in [1.29, 1.82) is 0 Å². The molecule has 0 radical (unpaired) electrons. The lowest BCUT2D eigenvalue weighted by Gasteiger charge is -2.21. The second kappa shape index (κ2) is 6.71. The van der Waals surface area contributed by atoms with Gasteiger partial charge in [0.05, 0.1) is 26.1 Å². The van der Waals surface area contributed by atoms with Crippen LogP contribution in [0.4, 0.5) is 5.69 Å². The molecular formula is C12H17N2O6P+2. The predicted molar refractivity (Wildman–Crippen MR) is 76.1 cm³/mol. The van der Waals surface area contributed by atoms with Crippen LogP contribution in [0, 0.1) is 10.1 Å². The number of nitro benzene ring substituents is 1. The molecule has 8 nitrogen and oxygen atoms in total. The SMILES string of the molecule is C[N+](C)(C)CCO[P+](=O)c1ccc([N+](=O)[O-])c(C(=O)O)c1. The maximum Gasteiger partial charge on any atom is 0.548 e. The molecule has 0 aromatic heterocycles. The molecule has 0 heterocycles. The van der Waals surface area contributed by atoms with Gasteiger partial charge in [0.2, 0.25) is 5.30 Å². The Balaban J connectivity index is 2.89. The highest BCUT2D eigenvalue weighted by molar-refractivity contribution is 7.48. The van der Waals surface area contributed by atoms with Gasteiger partial charge in [-0.3, -0.25) is 10.1 Å². The molecule has 0 saturated carbocycles. The summed E-state index contributed by atoms with van der Waals surface area (Å²) in [5.41, 5.74) is -1.04. The molecule has 0 bridgehead atoms. The lowest BCUT2D eigenvalue weighted by Crippen LogP contribution is -2.37. The van der Waals surface area contributed by atoms with E-state index in [0.29, 0.717) is 11.0 Å². The van der Waals surface area contributed by atoms with Crippen molar-refractivity contribution in [3.63, 3.8) is 0 Å². The van der Waals surface area contributed by atoms with Crippen molar-refractivity contribution < 1.29 is 28.4 Å². The molecule has 0 aliphatic carbocycles. The van der Waals surface area contributed by atoms with E-state index in [1.54, 1.807) is 0 Å². The summed E-state index contributed by atoms with van der Waals surface area (Å²) in [6, 6.07) is 3.29. The van der Waals surface area contributed by atoms with E-state index in [4.69, 9.17) is 9.63 Å². The third-order valence-corrected chi connectivity index (χ3v) is 3.71. The number of quaternary nitrogens is 1. The van der Waals surface area contributed by atoms with Gasteiger partial charge in [0.1, 0.15) is 12.1 Å². The fraction of sp³-hybridized carbons (Fsp3) is 0.417. The van der Waals surface area contributed by atoms with Gasteiger partial charge in [0.25, 0.3) is 5.69 Å². The van der Waals surface area contributed by atoms with E-state index in [2.05, 4.69) is 0 Å². The average Bonchev–Trinajstić information content (AvgIpc) is 2.36. The van der Waals surface area contributed by atoms with Crippen molar-refractivity contribution in [3.8, 4) is 0 Å². The normalized spacial score (nSPS) is 12.0.